The molecule has 0 aliphatic heterocycles. The van der Waals surface area contributed by atoms with E-state index in [0.29, 0.717) is 6.42 Å². The minimum atomic E-state index is -0.507. The molecule has 0 aromatic heterocycles. The number of primary amides is 1. The minimum Gasteiger partial charge on any atom is -0.368 e. The van der Waals surface area contributed by atoms with Crippen molar-refractivity contribution in [3.05, 3.63) is 12.2 Å². The number of carbonyl (C=O) groups excluding carboxylic acids is 2. The molecule has 1 aliphatic rings. The van der Waals surface area contributed by atoms with E-state index in [9.17, 15) is 9.59 Å². The summed E-state index contributed by atoms with van der Waals surface area (Å²) in [7, 11) is 1.56. The summed E-state index contributed by atoms with van der Waals surface area (Å²) in [6, 6.07) is -0.0501. The molecule has 0 spiro atoms. The van der Waals surface area contributed by atoms with E-state index in [0.717, 1.165) is 0 Å². The Bertz CT molecular complexity index is 275. The SMILES string of the molecule is CN(CC(N)=O)C(=O)C1C=CC(N)C1. The molecule has 0 radical (unpaired) electrons. The predicted octanol–water partition coefficient (Wildman–Crippen LogP) is -1.17. The predicted molar refractivity (Wildman–Crippen MR) is 52.1 cm³/mol. The van der Waals surface area contributed by atoms with Crippen molar-refractivity contribution in [2.24, 2.45) is 17.4 Å². The monoisotopic (exact) mass is 197 g/mol. The van der Waals surface area contributed by atoms with Crippen LogP contribution < -0.4 is 11.5 Å². The van der Waals surface area contributed by atoms with Gasteiger partial charge in [0.1, 0.15) is 0 Å². The molecule has 0 aromatic carbocycles. The molecule has 2 atom stereocenters. The zero-order valence-electron chi connectivity index (χ0n) is 8.14. The highest BCUT2D eigenvalue weighted by Gasteiger charge is 2.25. The first-order valence-corrected chi connectivity index (χ1v) is 4.48. The van der Waals surface area contributed by atoms with E-state index < -0.39 is 5.91 Å². The molecule has 0 bridgehead atoms. The molecule has 2 amide bonds. The van der Waals surface area contributed by atoms with Gasteiger partial charge >= 0.3 is 0 Å². The Hall–Kier alpha value is -1.36. The van der Waals surface area contributed by atoms with Gasteiger partial charge in [0.05, 0.1) is 12.5 Å². The molecular weight excluding hydrogens is 182 g/mol. The summed E-state index contributed by atoms with van der Waals surface area (Å²) >= 11 is 0. The number of hydrogen-bond donors (Lipinski definition) is 2. The van der Waals surface area contributed by atoms with Crippen LogP contribution in [0.25, 0.3) is 0 Å². The quantitative estimate of drug-likeness (QED) is 0.559. The van der Waals surface area contributed by atoms with Gasteiger partial charge in [-0.3, -0.25) is 9.59 Å². The summed E-state index contributed by atoms with van der Waals surface area (Å²) in [5, 5.41) is 0. The third-order valence-electron chi connectivity index (χ3n) is 2.20. The number of nitrogens with two attached hydrogens (primary N) is 2. The van der Waals surface area contributed by atoms with Gasteiger partial charge in [-0.1, -0.05) is 12.2 Å². The van der Waals surface area contributed by atoms with Crippen LogP contribution in [0.4, 0.5) is 0 Å². The Labute approximate surface area is 82.7 Å². The molecule has 0 saturated carbocycles. The number of nitrogens with zero attached hydrogens (tertiary/aromatic N) is 1. The molecule has 2 unspecified atom stereocenters. The van der Waals surface area contributed by atoms with Crippen molar-refractivity contribution in [3.8, 4) is 0 Å². The summed E-state index contributed by atoms with van der Waals surface area (Å²) < 4.78 is 0. The van der Waals surface area contributed by atoms with Crippen molar-refractivity contribution in [2.45, 2.75) is 12.5 Å². The number of hydrogen-bond acceptors (Lipinski definition) is 3. The zero-order valence-corrected chi connectivity index (χ0v) is 8.14. The fraction of sp³-hybridized carbons (Fsp3) is 0.556. The van der Waals surface area contributed by atoms with Gasteiger partial charge in [0.15, 0.2) is 0 Å². The van der Waals surface area contributed by atoms with Gasteiger partial charge in [0.25, 0.3) is 0 Å². The molecule has 0 saturated heterocycles. The Morgan fingerprint density at radius 3 is 2.57 bits per heavy atom. The lowest BCUT2D eigenvalue weighted by atomic mass is 10.1. The number of carbonyl (C=O) groups is 2. The van der Waals surface area contributed by atoms with Crippen LogP contribution in [0.1, 0.15) is 6.42 Å². The van der Waals surface area contributed by atoms with Gasteiger partial charge in [0, 0.05) is 13.1 Å². The van der Waals surface area contributed by atoms with Gasteiger partial charge in [-0.05, 0) is 6.42 Å². The van der Waals surface area contributed by atoms with Crippen LogP contribution in [0.15, 0.2) is 12.2 Å². The van der Waals surface area contributed by atoms with Crippen molar-refractivity contribution < 1.29 is 9.59 Å². The van der Waals surface area contributed by atoms with E-state index in [1.165, 1.54) is 4.90 Å². The van der Waals surface area contributed by atoms with Gasteiger partial charge in [-0.15, -0.1) is 0 Å². The van der Waals surface area contributed by atoms with Crippen LogP contribution in [-0.4, -0.2) is 36.3 Å². The molecular formula is C9H15N3O2. The summed E-state index contributed by atoms with van der Waals surface area (Å²) in [6.45, 7) is -0.0432. The van der Waals surface area contributed by atoms with Gasteiger partial charge in [-0.2, -0.15) is 0 Å². The second kappa shape index (κ2) is 4.23. The molecule has 0 fully saturated rings. The summed E-state index contributed by atoms with van der Waals surface area (Å²) in [5.74, 6) is -0.811. The van der Waals surface area contributed by atoms with Crippen molar-refractivity contribution >= 4 is 11.8 Å². The van der Waals surface area contributed by atoms with Crippen molar-refractivity contribution in [2.75, 3.05) is 13.6 Å². The second-order valence-electron chi connectivity index (χ2n) is 3.55. The number of amides is 2. The van der Waals surface area contributed by atoms with E-state index in [1.54, 1.807) is 19.2 Å². The summed E-state index contributed by atoms with van der Waals surface area (Å²) in [6.07, 6.45) is 4.20. The molecule has 0 heterocycles. The standard InChI is InChI=1S/C9H15N3O2/c1-12(5-8(11)13)9(14)6-2-3-7(10)4-6/h2-3,6-7H,4-5,10H2,1H3,(H2,11,13). The minimum absolute atomic E-state index is 0.0432. The average molecular weight is 197 g/mol. The Morgan fingerprint density at radius 1 is 1.50 bits per heavy atom. The van der Waals surface area contributed by atoms with Crippen LogP contribution in [0.3, 0.4) is 0 Å². The fourth-order valence-corrected chi connectivity index (χ4v) is 1.51. The summed E-state index contributed by atoms with van der Waals surface area (Å²) in [5.41, 5.74) is 10.6. The van der Waals surface area contributed by atoms with Crippen LogP contribution in [-0.2, 0) is 9.59 Å². The molecule has 78 valence electrons. The van der Waals surface area contributed by atoms with Crippen molar-refractivity contribution in [1.29, 1.82) is 0 Å². The maximum absolute atomic E-state index is 11.6. The molecule has 0 aromatic rings. The third-order valence-corrected chi connectivity index (χ3v) is 2.20. The largest absolute Gasteiger partial charge is 0.368 e. The highest BCUT2D eigenvalue weighted by atomic mass is 16.2. The second-order valence-corrected chi connectivity index (χ2v) is 3.55. The third kappa shape index (κ3) is 2.56. The number of likely N-dealkylation sites (N-methyl/N-ethyl adjacent to an activating group) is 1. The lowest BCUT2D eigenvalue weighted by molar-refractivity contribution is -0.136. The van der Waals surface area contributed by atoms with Crippen molar-refractivity contribution in [1.82, 2.24) is 4.90 Å². The van der Waals surface area contributed by atoms with E-state index in [2.05, 4.69) is 0 Å². The van der Waals surface area contributed by atoms with E-state index in [4.69, 9.17) is 11.5 Å². The van der Waals surface area contributed by atoms with Crippen LogP contribution >= 0.6 is 0 Å². The van der Waals surface area contributed by atoms with Gasteiger partial charge in [-0.25, -0.2) is 0 Å². The molecule has 4 N–H and O–H groups in total. The van der Waals surface area contributed by atoms with E-state index in [-0.39, 0.29) is 24.4 Å². The number of rotatable bonds is 3. The first kappa shape index (κ1) is 10.7. The fourth-order valence-electron chi connectivity index (χ4n) is 1.51. The molecule has 5 nitrogen and oxygen atoms in total. The van der Waals surface area contributed by atoms with E-state index in [1.807, 2.05) is 0 Å². The first-order chi connectivity index (χ1) is 6.50. The van der Waals surface area contributed by atoms with Crippen LogP contribution in [0, 0.1) is 5.92 Å². The van der Waals surface area contributed by atoms with E-state index >= 15 is 0 Å². The normalized spacial score (nSPS) is 25.0. The molecule has 1 rings (SSSR count). The first-order valence-electron chi connectivity index (χ1n) is 4.48. The Kier molecular flexibility index (Phi) is 3.24. The van der Waals surface area contributed by atoms with Crippen LogP contribution in [0.5, 0.6) is 0 Å². The zero-order chi connectivity index (χ0) is 10.7. The lowest BCUT2D eigenvalue weighted by Crippen LogP contribution is -2.38. The Morgan fingerprint density at radius 2 is 2.14 bits per heavy atom. The average Bonchev–Trinajstić information content (AvgIpc) is 2.49. The highest BCUT2D eigenvalue weighted by molar-refractivity contribution is 5.86. The highest BCUT2D eigenvalue weighted by Crippen LogP contribution is 2.18. The van der Waals surface area contributed by atoms with Crippen molar-refractivity contribution in [3.63, 3.8) is 0 Å². The van der Waals surface area contributed by atoms with Gasteiger partial charge < -0.3 is 16.4 Å². The van der Waals surface area contributed by atoms with Crippen LogP contribution in [0.2, 0.25) is 0 Å². The van der Waals surface area contributed by atoms with Gasteiger partial charge in [0.2, 0.25) is 11.8 Å². The maximum Gasteiger partial charge on any atom is 0.237 e. The topological polar surface area (TPSA) is 89.4 Å². The maximum atomic E-state index is 11.6. The smallest absolute Gasteiger partial charge is 0.237 e. The lowest BCUT2D eigenvalue weighted by Gasteiger charge is -2.18. The molecule has 14 heavy (non-hydrogen) atoms. The molecule has 5 heteroatoms. The summed E-state index contributed by atoms with van der Waals surface area (Å²) in [4.78, 5) is 23.5. The Balaban J connectivity index is 2.49. The molecule has 1 aliphatic carbocycles.